The van der Waals surface area contributed by atoms with Crippen LogP contribution in [0.15, 0.2) is 45.8 Å². The molecule has 1 aromatic heterocycles. The number of aromatic nitrogens is 1. The number of ether oxygens (including phenoxy) is 2. The molecular formula is C16H15BrN2O4. The Morgan fingerprint density at radius 2 is 1.96 bits per heavy atom. The molecule has 0 radical (unpaired) electrons. The summed E-state index contributed by atoms with van der Waals surface area (Å²) in [7, 11) is 0. The molecular weight excluding hydrogens is 364 g/mol. The van der Waals surface area contributed by atoms with Crippen molar-refractivity contribution in [3.05, 3.63) is 51.4 Å². The first-order valence-electron chi connectivity index (χ1n) is 7.17. The van der Waals surface area contributed by atoms with E-state index < -0.39 is 0 Å². The lowest BCUT2D eigenvalue weighted by Crippen LogP contribution is -2.22. The van der Waals surface area contributed by atoms with Crippen LogP contribution in [0.4, 0.5) is 5.69 Å². The number of carbonyl (C=O) groups is 1. The summed E-state index contributed by atoms with van der Waals surface area (Å²) in [6.45, 7) is 1.34. The van der Waals surface area contributed by atoms with Crippen molar-refractivity contribution in [2.45, 2.75) is 13.0 Å². The molecule has 0 unspecified atom stereocenters. The number of hydrogen-bond acceptors (Lipinski definition) is 4. The third kappa shape index (κ3) is 3.92. The van der Waals surface area contributed by atoms with E-state index in [4.69, 9.17) is 9.47 Å². The number of nitrogens with one attached hydrogen (secondary N) is 1. The summed E-state index contributed by atoms with van der Waals surface area (Å²) in [4.78, 5) is 23.7. The van der Waals surface area contributed by atoms with Gasteiger partial charge in [0.2, 0.25) is 5.91 Å². The van der Waals surface area contributed by atoms with Gasteiger partial charge in [0, 0.05) is 41.5 Å². The Hall–Kier alpha value is -2.28. The molecule has 6 nitrogen and oxygen atoms in total. The Morgan fingerprint density at radius 1 is 1.17 bits per heavy atom. The lowest BCUT2D eigenvalue weighted by atomic mass is 10.2. The smallest absolute Gasteiger partial charge is 0.250 e. The molecule has 0 saturated heterocycles. The van der Waals surface area contributed by atoms with Crippen molar-refractivity contribution >= 4 is 27.5 Å². The fraction of sp³-hybridized carbons (Fsp3) is 0.250. The zero-order valence-corrected chi connectivity index (χ0v) is 13.8. The Kier molecular flexibility index (Phi) is 4.66. The summed E-state index contributed by atoms with van der Waals surface area (Å²) in [5.74, 6) is 1.13. The van der Waals surface area contributed by atoms with Gasteiger partial charge < -0.3 is 19.4 Å². The van der Waals surface area contributed by atoms with E-state index in [9.17, 15) is 9.59 Å². The molecule has 7 heteroatoms. The fourth-order valence-corrected chi connectivity index (χ4v) is 2.62. The standard InChI is InChI=1S/C16H15BrN2O4/c17-11-1-4-16(21)19(10-11)6-5-15(20)18-12-2-3-13-14(9-12)23-8-7-22-13/h1-4,9-10H,5-8H2,(H,18,20). The Bertz CT molecular complexity index is 788. The average Bonchev–Trinajstić information content (AvgIpc) is 2.55. The number of carbonyl (C=O) groups excluding carboxylic acids is 1. The average molecular weight is 379 g/mol. The quantitative estimate of drug-likeness (QED) is 0.886. The molecule has 3 rings (SSSR count). The maximum atomic E-state index is 12.0. The van der Waals surface area contributed by atoms with Gasteiger partial charge in [0.15, 0.2) is 11.5 Å². The van der Waals surface area contributed by atoms with Gasteiger partial charge in [-0.05, 0) is 34.1 Å². The number of anilines is 1. The predicted octanol–water partition coefficient (Wildman–Crippen LogP) is 2.41. The van der Waals surface area contributed by atoms with E-state index in [1.165, 1.54) is 10.6 Å². The SMILES string of the molecule is O=C(CCn1cc(Br)ccc1=O)Nc1ccc2c(c1)OCCO2. The molecule has 1 aliphatic rings. The lowest BCUT2D eigenvalue weighted by Gasteiger charge is -2.19. The van der Waals surface area contributed by atoms with Crippen LogP contribution >= 0.6 is 15.9 Å². The monoisotopic (exact) mass is 378 g/mol. The van der Waals surface area contributed by atoms with E-state index in [0.29, 0.717) is 36.9 Å². The van der Waals surface area contributed by atoms with Crippen LogP contribution in [0.25, 0.3) is 0 Å². The first-order valence-corrected chi connectivity index (χ1v) is 7.96. The van der Waals surface area contributed by atoms with Gasteiger partial charge in [-0.3, -0.25) is 9.59 Å². The second-order valence-corrected chi connectivity index (χ2v) is 5.95. The summed E-state index contributed by atoms with van der Waals surface area (Å²) in [6, 6.07) is 8.40. The highest BCUT2D eigenvalue weighted by Gasteiger charge is 2.12. The first-order chi connectivity index (χ1) is 11.1. The predicted molar refractivity (Wildman–Crippen MR) is 89.1 cm³/mol. The summed E-state index contributed by atoms with van der Waals surface area (Å²) >= 11 is 3.31. The molecule has 23 heavy (non-hydrogen) atoms. The summed E-state index contributed by atoms with van der Waals surface area (Å²) in [5.41, 5.74) is 0.501. The molecule has 0 atom stereocenters. The maximum Gasteiger partial charge on any atom is 0.250 e. The van der Waals surface area contributed by atoms with Gasteiger partial charge in [0.05, 0.1) is 0 Å². The summed E-state index contributed by atoms with van der Waals surface area (Å²) < 4.78 is 13.2. The lowest BCUT2D eigenvalue weighted by molar-refractivity contribution is -0.116. The number of nitrogens with zero attached hydrogens (tertiary/aromatic N) is 1. The van der Waals surface area contributed by atoms with Gasteiger partial charge in [0.1, 0.15) is 13.2 Å². The van der Waals surface area contributed by atoms with Gasteiger partial charge in [0.25, 0.3) is 5.56 Å². The Morgan fingerprint density at radius 3 is 2.78 bits per heavy atom. The molecule has 2 aromatic rings. The van der Waals surface area contributed by atoms with Gasteiger partial charge in [-0.25, -0.2) is 0 Å². The van der Waals surface area contributed by atoms with E-state index >= 15 is 0 Å². The maximum absolute atomic E-state index is 12.0. The minimum atomic E-state index is -0.173. The second-order valence-electron chi connectivity index (χ2n) is 5.04. The van der Waals surface area contributed by atoms with Crippen molar-refractivity contribution in [1.29, 1.82) is 0 Å². The first kappa shape index (κ1) is 15.6. The number of amides is 1. The Balaban J connectivity index is 1.61. The van der Waals surface area contributed by atoms with Gasteiger partial charge in [-0.2, -0.15) is 0 Å². The van der Waals surface area contributed by atoms with Gasteiger partial charge >= 0.3 is 0 Å². The second kappa shape index (κ2) is 6.87. The molecule has 1 aliphatic heterocycles. The number of fused-ring (bicyclic) bond motifs is 1. The van der Waals surface area contributed by atoms with Gasteiger partial charge in [-0.15, -0.1) is 0 Å². The van der Waals surface area contributed by atoms with Crippen LogP contribution in [-0.2, 0) is 11.3 Å². The van der Waals surface area contributed by atoms with Crippen LogP contribution in [0, 0.1) is 0 Å². The zero-order chi connectivity index (χ0) is 16.2. The molecule has 0 fully saturated rings. The van der Waals surface area contributed by atoms with Crippen molar-refractivity contribution in [2.75, 3.05) is 18.5 Å². The normalized spacial score (nSPS) is 12.7. The zero-order valence-electron chi connectivity index (χ0n) is 12.3. The van der Waals surface area contributed by atoms with Crippen LogP contribution in [0.5, 0.6) is 11.5 Å². The van der Waals surface area contributed by atoms with E-state index in [1.807, 2.05) is 0 Å². The minimum absolute atomic E-state index is 0.139. The van der Waals surface area contributed by atoms with Crippen LogP contribution < -0.4 is 20.3 Å². The van der Waals surface area contributed by atoms with E-state index in [1.54, 1.807) is 30.5 Å². The molecule has 120 valence electrons. The van der Waals surface area contributed by atoms with Crippen LogP contribution in [0.3, 0.4) is 0 Å². The summed E-state index contributed by atoms with van der Waals surface area (Å²) in [5, 5.41) is 2.79. The molecule has 0 saturated carbocycles. The highest BCUT2D eigenvalue weighted by atomic mass is 79.9. The topological polar surface area (TPSA) is 69.6 Å². The van der Waals surface area contributed by atoms with Crippen LogP contribution in [-0.4, -0.2) is 23.7 Å². The molecule has 1 N–H and O–H groups in total. The summed E-state index contributed by atoms with van der Waals surface area (Å²) in [6.07, 6.45) is 1.87. The van der Waals surface area contributed by atoms with Crippen molar-refractivity contribution in [3.63, 3.8) is 0 Å². The number of benzene rings is 1. The van der Waals surface area contributed by atoms with E-state index in [2.05, 4.69) is 21.2 Å². The number of pyridine rings is 1. The molecule has 0 aliphatic carbocycles. The third-order valence-corrected chi connectivity index (χ3v) is 3.82. The van der Waals surface area contributed by atoms with Gasteiger partial charge in [-0.1, -0.05) is 0 Å². The largest absolute Gasteiger partial charge is 0.486 e. The number of aryl methyl sites for hydroxylation is 1. The number of halogens is 1. The van der Waals surface area contributed by atoms with Crippen molar-refractivity contribution in [1.82, 2.24) is 4.57 Å². The highest BCUT2D eigenvalue weighted by Crippen LogP contribution is 2.32. The van der Waals surface area contributed by atoms with Crippen LogP contribution in [0.2, 0.25) is 0 Å². The third-order valence-electron chi connectivity index (χ3n) is 3.35. The molecule has 0 spiro atoms. The molecule has 0 bridgehead atoms. The molecule has 2 heterocycles. The molecule has 1 aromatic carbocycles. The van der Waals surface area contributed by atoms with Crippen molar-refractivity contribution in [3.8, 4) is 11.5 Å². The Labute approximate surface area is 141 Å². The minimum Gasteiger partial charge on any atom is -0.486 e. The number of rotatable bonds is 4. The fourth-order valence-electron chi connectivity index (χ4n) is 2.24. The van der Waals surface area contributed by atoms with Crippen molar-refractivity contribution < 1.29 is 14.3 Å². The number of hydrogen-bond donors (Lipinski definition) is 1. The molecule has 1 amide bonds. The van der Waals surface area contributed by atoms with E-state index in [0.717, 1.165) is 4.47 Å². The van der Waals surface area contributed by atoms with E-state index in [-0.39, 0.29) is 17.9 Å². The van der Waals surface area contributed by atoms with Crippen LogP contribution in [0.1, 0.15) is 6.42 Å². The van der Waals surface area contributed by atoms with Crippen molar-refractivity contribution in [2.24, 2.45) is 0 Å². The highest BCUT2D eigenvalue weighted by molar-refractivity contribution is 9.10.